The highest BCUT2D eigenvalue weighted by Crippen LogP contribution is 2.28. The Morgan fingerprint density at radius 2 is 1.79 bits per heavy atom. The normalized spacial score (nSPS) is 14.5. The smallest absolute Gasteiger partial charge is 0.0733 e. The van der Waals surface area contributed by atoms with Crippen LogP contribution in [0.3, 0.4) is 0 Å². The van der Waals surface area contributed by atoms with Gasteiger partial charge in [0.05, 0.1) is 12.1 Å². The van der Waals surface area contributed by atoms with Crippen molar-refractivity contribution in [1.29, 1.82) is 0 Å². The number of nitrogens with two attached hydrogens (primary N) is 1. The van der Waals surface area contributed by atoms with Crippen molar-refractivity contribution >= 4 is 10.8 Å². The Balaban J connectivity index is 2.37. The zero-order valence-corrected chi connectivity index (χ0v) is 11.8. The molecular formula is C17H23NO. The first-order valence-electron chi connectivity index (χ1n) is 7.07. The van der Waals surface area contributed by atoms with Crippen molar-refractivity contribution in [3.8, 4) is 0 Å². The highest BCUT2D eigenvalue weighted by atomic mass is 16.3. The second-order valence-electron chi connectivity index (χ2n) is 5.25. The molecule has 3 N–H and O–H groups in total. The largest absolute Gasteiger partial charge is 0.391 e. The molecule has 0 heterocycles. The van der Waals surface area contributed by atoms with Gasteiger partial charge in [-0.3, -0.25) is 0 Å². The summed E-state index contributed by atoms with van der Waals surface area (Å²) in [5.74, 6) is 0. The lowest BCUT2D eigenvalue weighted by Gasteiger charge is -2.21. The predicted molar refractivity (Wildman–Crippen MR) is 81.1 cm³/mol. The van der Waals surface area contributed by atoms with Gasteiger partial charge in [-0.15, -0.1) is 0 Å². The van der Waals surface area contributed by atoms with Crippen LogP contribution in [0.1, 0.15) is 43.4 Å². The number of aliphatic hydroxyl groups is 1. The summed E-state index contributed by atoms with van der Waals surface area (Å²) in [5.41, 5.74) is 8.54. The fourth-order valence-corrected chi connectivity index (χ4v) is 2.56. The average molecular weight is 257 g/mol. The van der Waals surface area contributed by atoms with Crippen LogP contribution < -0.4 is 5.73 Å². The summed E-state index contributed by atoms with van der Waals surface area (Å²) in [6.45, 7) is 4.23. The Bertz CT molecular complexity index is 550. The third kappa shape index (κ3) is 2.96. The lowest BCUT2D eigenvalue weighted by molar-refractivity contribution is 0.133. The van der Waals surface area contributed by atoms with Gasteiger partial charge in [-0.25, -0.2) is 0 Å². The molecule has 0 spiro atoms. The molecule has 2 rings (SSSR count). The Hall–Kier alpha value is -1.38. The predicted octanol–water partition coefficient (Wildman–Crippen LogP) is 3.70. The average Bonchev–Trinajstić information content (AvgIpc) is 2.45. The summed E-state index contributed by atoms with van der Waals surface area (Å²) >= 11 is 0. The van der Waals surface area contributed by atoms with Crippen molar-refractivity contribution in [3.05, 3.63) is 47.5 Å². The monoisotopic (exact) mass is 257 g/mol. The van der Waals surface area contributed by atoms with E-state index >= 15 is 0 Å². The number of benzene rings is 2. The number of hydrogen-bond donors (Lipinski definition) is 2. The van der Waals surface area contributed by atoms with Crippen molar-refractivity contribution in [2.24, 2.45) is 5.73 Å². The van der Waals surface area contributed by atoms with Crippen molar-refractivity contribution in [2.75, 3.05) is 0 Å². The summed E-state index contributed by atoms with van der Waals surface area (Å²) in [7, 11) is 0. The topological polar surface area (TPSA) is 46.2 Å². The lowest BCUT2D eigenvalue weighted by Crippen LogP contribution is -2.26. The van der Waals surface area contributed by atoms with Gasteiger partial charge in [0.2, 0.25) is 0 Å². The molecule has 0 aliphatic carbocycles. The summed E-state index contributed by atoms with van der Waals surface area (Å²) in [6.07, 6.45) is 2.39. The van der Waals surface area contributed by atoms with Crippen LogP contribution in [0, 0.1) is 6.92 Å². The second kappa shape index (κ2) is 6.18. The molecule has 2 nitrogen and oxygen atoms in total. The molecule has 0 amide bonds. The molecule has 2 heteroatoms. The van der Waals surface area contributed by atoms with E-state index in [2.05, 4.69) is 38.1 Å². The summed E-state index contributed by atoms with van der Waals surface area (Å²) in [4.78, 5) is 0. The number of unbranched alkanes of at least 4 members (excludes halogenated alkanes) is 1. The molecule has 0 saturated heterocycles. The Morgan fingerprint density at radius 3 is 2.47 bits per heavy atom. The molecule has 0 aromatic heterocycles. The van der Waals surface area contributed by atoms with E-state index in [-0.39, 0.29) is 6.04 Å². The molecule has 19 heavy (non-hydrogen) atoms. The third-order valence-electron chi connectivity index (χ3n) is 3.80. The van der Waals surface area contributed by atoms with E-state index in [4.69, 9.17) is 5.73 Å². The first kappa shape index (κ1) is 14.0. The van der Waals surface area contributed by atoms with Crippen LogP contribution in [0.5, 0.6) is 0 Å². The van der Waals surface area contributed by atoms with E-state index in [9.17, 15) is 5.11 Å². The van der Waals surface area contributed by atoms with E-state index in [1.165, 1.54) is 10.9 Å². The molecule has 2 aromatic carbocycles. The van der Waals surface area contributed by atoms with Crippen molar-refractivity contribution < 1.29 is 5.11 Å². The van der Waals surface area contributed by atoms with Crippen molar-refractivity contribution in [2.45, 2.75) is 45.3 Å². The number of aliphatic hydroxyl groups excluding tert-OH is 1. The maximum absolute atomic E-state index is 10.2. The van der Waals surface area contributed by atoms with E-state index in [1.54, 1.807) is 0 Å². The Labute approximate surface area is 115 Å². The minimum Gasteiger partial charge on any atom is -0.391 e. The first-order valence-corrected chi connectivity index (χ1v) is 7.07. The SMILES string of the molecule is CCCC[C@@H](O)[C@@H](N)c1ccc(C)c2ccccc12. The molecular weight excluding hydrogens is 234 g/mol. The minimum atomic E-state index is -0.467. The van der Waals surface area contributed by atoms with Gasteiger partial charge in [0.1, 0.15) is 0 Å². The van der Waals surface area contributed by atoms with Crippen molar-refractivity contribution in [3.63, 3.8) is 0 Å². The Morgan fingerprint density at radius 1 is 1.11 bits per heavy atom. The highest BCUT2D eigenvalue weighted by molar-refractivity contribution is 5.88. The van der Waals surface area contributed by atoms with Gasteiger partial charge in [-0.05, 0) is 35.2 Å². The maximum Gasteiger partial charge on any atom is 0.0733 e. The Kier molecular flexibility index (Phi) is 4.56. The zero-order valence-electron chi connectivity index (χ0n) is 11.8. The van der Waals surface area contributed by atoms with Crippen molar-refractivity contribution in [1.82, 2.24) is 0 Å². The molecule has 0 aliphatic rings. The van der Waals surface area contributed by atoms with Crippen LogP contribution in [0.4, 0.5) is 0 Å². The van der Waals surface area contributed by atoms with Crippen LogP contribution in [0.25, 0.3) is 10.8 Å². The van der Waals surface area contributed by atoms with Crippen LogP contribution in [0.15, 0.2) is 36.4 Å². The fraction of sp³-hybridized carbons (Fsp3) is 0.412. The van der Waals surface area contributed by atoms with E-state index in [1.807, 2.05) is 12.1 Å². The molecule has 0 fully saturated rings. The maximum atomic E-state index is 10.2. The first-order chi connectivity index (χ1) is 9.15. The van der Waals surface area contributed by atoms with E-state index in [0.717, 1.165) is 30.2 Å². The van der Waals surface area contributed by atoms with Crippen LogP contribution >= 0.6 is 0 Å². The number of hydrogen-bond acceptors (Lipinski definition) is 2. The molecule has 0 bridgehead atoms. The van der Waals surface area contributed by atoms with Gasteiger partial charge in [-0.2, -0.15) is 0 Å². The zero-order chi connectivity index (χ0) is 13.8. The summed E-state index contributed by atoms with van der Waals surface area (Å²) < 4.78 is 0. The third-order valence-corrected chi connectivity index (χ3v) is 3.80. The molecule has 0 saturated carbocycles. The molecule has 0 radical (unpaired) electrons. The summed E-state index contributed by atoms with van der Waals surface area (Å²) in [5, 5.41) is 12.6. The fourth-order valence-electron chi connectivity index (χ4n) is 2.56. The van der Waals surface area contributed by atoms with Crippen LogP contribution in [0.2, 0.25) is 0 Å². The molecule has 0 aliphatic heterocycles. The van der Waals surface area contributed by atoms with Crippen LogP contribution in [-0.4, -0.2) is 11.2 Å². The van der Waals surface area contributed by atoms with E-state index in [0.29, 0.717) is 0 Å². The molecule has 2 aromatic rings. The van der Waals surface area contributed by atoms with Gasteiger partial charge < -0.3 is 10.8 Å². The van der Waals surface area contributed by atoms with E-state index < -0.39 is 6.10 Å². The van der Waals surface area contributed by atoms with Gasteiger partial charge in [0.15, 0.2) is 0 Å². The summed E-state index contributed by atoms with van der Waals surface area (Å²) in [6, 6.07) is 12.1. The molecule has 2 atom stereocenters. The second-order valence-corrected chi connectivity index (χ2v) is 5.25. The highest BCUT2D eigenvalue weighted by Gasteiger charge is 2.18. The quantitative estimate of drug-likeness (QED) is 0.858. The molecule has 102 valence electrons. The van der Waals surface area contributed by atoms with Gasteiger partial charge in [-0.1, -0.05) is 56.2 Å². The minimum absolute atomic E-state index is 0.308. The number of fused-ring (bicyclic) bond motifs is 1. The number of aryl methyl sites for hydroxylation is 1. The van der Waals surface area contributed by atoms with Gasteiger partial charge >= 0.3 is 0 Å². The van der Waals surface area contributed by atoms with Gasteiger partial charge in [0.25, 0.3) is 0 Å². The lowest BCUT2D eigenvalue weighted by atomic mass is 9.92. The van der Waals surface area contributed by atoms with Crippen LogP contribution in [-0.2, 0) is 0 Å². The van der Waals surface area contributed by atoms with Gasteiger partial charge in [0, 0.05) is 0 Å². The number of rotatable bonds is 5. The molecule has 0 unspecified atom stereocenters. The standard InChI is InChI=1S/C17H23NO/c1-3-4-9-16(19)17(18)15-11-10-12(2)13-7-5-6-8-14(13)15/h5-8,10-11,16-17,19H,3-4,9,18H2,1-2H3/t16-,17+/m1/s1.